The number of pyridine rings is 3. The van der Waals surface area contributed by atoms with E-state index in [2.05, 4.69) is 25.6 Å². The molecule has 0 aromatic carbocycles. The van der Waals surface area contributed by atoms with Crippen LogP contribution in [0.4, 0.5) is 35.4 Å². The van der Waals surface area contributed by atoms with Gasteiger partial charge in [0.05, 0.1) is 11.8 Å². The zero-order valence-electron chi connectivity index (χ0n) is 20.5. The van der Waals surface area contributed by atoms with E-state index in [0.717, 1.165) is 4.57 Å². The van der Waals surface area contributed by atoms with E-state index in [1.165, 1.54) is 48.1 Å². The lowest BCUT2D eigenvalue weighted by atomic mass is 10.2. The highest BCUT2D eigenvalue weighted by atomic mass is 19.4. The van der Waals surface area contributed by atoms with Crippen molar-refractivity contribution in [2.75, 3.05) is 24.7 Å². The number of fused-ring (bicyclic) bond motifs is 1. The highest BCUT2D eigenvalue weighted by Crippen LogP contribution is 2.33. The van der Waals surface area contributed by atoms with Gasteiger partial charge in [-0.3, -0.25) is 10.1 Å². The Morgan fingerprint density at radius 2 is 1.95 bits per heavy atom. The number of hydrogen-bond donors (Lipinski definition) is 2. The van der Waals surface area contributed by atoms with Crippen molar-refractivity contribution in [2.24, 2.45) is 14.1 Å². The SMILES string of the molecule is CN(C)C(=O)Nc1cc(Oc2cnc3nc(Nc4cc(C(F)(F)F)cn(C)c4=O)n(C)c3c2C#N)ccn1. The molecule has 0 saturated carbocycles. The van der Waals surface area contributed by atoms with Crippen LogP contribution in [-0.4, -0.2) is 49.1 Å². The molecular weight excluding hydrogens is 507 g/mol. The van der Waals surface area contributed by atoms with Crippen LogP contribution in [0.1, 0.15) is 11.1 Å². The monoisotopic (exact) mass is 527 g/mol. The van der Waals surface area contributed by atoms with Crippen molar-refractivity contribution >= 4 is 34.6 Å². The number of ether oxygens (including phenoxy) is 1. The fraction of sp³-hybridized carbons (Fsp3) is 0.217. The molecule has 0 bridgehead atoms. The fourth-order valence-corrected chi connectivity index (χ4v) is 3.42. The van der Waals surface area contributed by atoms with Gasteiger partial charge in [-0.2, -0.15) is 23.4 Å². The molecule has 12 nitrogen and oxygen atoms in total. The standard InChI is InChI=1S/C23H20F3N9O3/c1-33(2)22(37)31-17-8-13(5-6-28-17)38-16-10-29-19-18(14(16)9-27)35(4)21(32-19)30-15-7-12(23(24,25)26)11-34(3)20(15)36/h5-8,10-11H,1-4H3,(H,28,31,37)(H,29,30,32). The summed E-state index contributed by atoms with van der Waals surface area (Å²) >= 11 is 0. The van der Waals surface area contributed by atoms with Crippen molar-refractivity contribution in [3.05, 3.63) is 58.3 Å². The molecule has 38 heavy (non-hydrogen) atoms. The minimum absolute atomic E-state index is 0.0184. The number of aryl methyl sites for hydroxylation is 2. The number of carbonyl (C=O) groups excluding carboxylic acids is 1. The molecule has 0 fully saturated rings. The third-order valence-electron chi connectivity index (χ3n) is 5.33. The van der Waals surface area contributed by atoms with Gasteiger partial charge in [-0.05, 0) is 12.1 Å². The number of hydrogen-bond acceptors (Lipinski definition) is 8. The third kappa shape index (κ3) is 5.05. The summed E-state index contributed by atoms with van der Waals surface area (Å²) in [5.74, 6) is 0.499. The Morgan fingerprint density at radius 3 is 2.61 bits per heavy atom. The predicted molar refractivity (Wildman–Crippen MR) is 130 cm³/mol. The van der Waals surface area contributed by atoms with Crippen molar-refractivity contribution in [3.63, 3.8) is 0 Å². The largest absolute Gasteiger partial charge is 0.454 e. The second kappa shape index (κ2) is 9.73. The van der Waals surface area contributed by atoms with Gasteiger partial charge in [0.2, 0.25) is 5.95 Å². The summed E-state index contributed by atoms with van der Waals surface area (Å²) in [7, 11) is 5.84. The van der Waals surface area contributed by atoms with Gasteiger partial charge in [0, 0.05) is 46.7 Å². The summed E-state index contributed by atoms with van der Waals surface area (Å²) in [6, 6.07) is 5.27. The van der Waals surface area contributed by atoms with E-state index in [9.17, 15) is 28.0 Å². The number of rotatable bonds is 5. The van der Waals surface area contributed by atoms with Crippen LogP contribution in [0.5, 0.6) is 11.5 Å². The number of carbonyl (C=O) groups is 1. The second-order valence-corrected chi connectivity index (χ2v) is 8.26. The van der Waals surface area contributed by atoms with Crippen LogP contribution in [-0.2, 0) is 20.3 Å². The number of nitriles is 1. The van der Waals surface area contributed by atoms with E-state index in [-0.39, 0.29) is 45.7 Å². The number of amides is 2. The molecule has 4 heterocycles. The van der Waals surface area contributed by atoms with Crippen molar-refractivity contribution in [3.8, 4) is 17.6 Å². The molecular formula is C23H20F3N9O3. The maximum atomic E-state index is 13.3. The van der Waals surface area contributed by atoms with Crippen LogP contribution in [0.3, 0.4) is 0 Å². The topological polar surface area (TPSA) is 143 Å². The second-order valence-electron chi connectivity index (χ2n) is 8.26. The molecule has 15 heteroatoms. The zero-order valence-corrected chi connectivity index (χ0v) is 20.5. The van der Waals surface area contributed by atoms with Crippen LogP contribution in [0.15, 0.2) is 41.6 Å². The molecule has 2 amide bonds. The number of nitrogens with one attached hydrogen (secondary N) is 2. The summed E-state index contributed by atoms with van der Waals surface area (Å²) in [6.07, 6.45) is -1.31. The molecule has 0 saturated heterocycles. The maximum absolute atomic E-state index is 13.3. The number of alkyl halides is 3. The number of halogens is 3. The lowest BCUT2D eigenvalue weighted by molar-refractivity contribution is -0.138. The summed E-state index contributed by atoms with van der Waals surface area (Å²) in [5, 5.41) is 15.1. The molecule has 0 atom stereocenters. The van der Waals surface area contributed by atoms with Crippen molar-refractivity contribution in [1.29, 1.82) is 5.26 Å². The molecule has 4 aromatic rings. The van der Waals surface area contributed by atoms with Crippen LogP contribution in [0, 0.1) is 11.3 Å². The quantitative estimate of drug-likeness (QED) is 0.401. The van der Waals surface area contributed by atoms with E-state index in [1.54, 1.807) is 14.1 Å². The Labute approximate surface area is 212 Å². The first-order valence-corrected chi connectivity index (χ1v) is 10.8. The molecule has 4 aromatic heterocycles. The highest BCUT2D eigenvalue weighted by molar-refractivity contribution is 5.88. The van der Waals surface area contributed by atoms with Crippen LogP contribution in [0.2, 0.25) is 0 Å². The van der Waals surface area contributed by atoms with Crippen molar-refractivity contribution in [1.82, 2.24) is 29.0 Å². The summed E-state index contributed by atoms with van der Waals surface area (Å²) in [5.41, 5.74) is -1.75. The van der Waals surface area contributed by atoms with Crippen LogP contribution < -0.4 is 20.9 Å². The van der Waals surface area contributed by atoms with E-state index >= 15 is 0 Å². The van der Waals surface area contributed by atoms with Crippen LogP contribution >= 0.6 is 0 Å². The van der Waals surface area contributed by atoms with E-state index in [1.807, 2.05) is 6.07 Å². The Balaban J connectivity index is 1.71. The predicted octanol–water partition coefficient (Wildman–Crippen LogP) is 3.58. The minimum atomic E-state index is -4.67. The average molecular weight is 527 g/mol. The molecule has 0 unspecified atom stereocenters. The van der Waals surface area contributed by atoms with Gasteiger partial charge >= 0.3 is 12.2 Å². The van der Waals surface area contributed by atoms with Gasteiger partial charge in [0.25, 0.3) is 5.56 Å². The first-order chi connectivity index (χ1) is 17.9. The van der Waals surface area contributed by atoms with Crippen molar-refractivity contribution in [2.45, 2.75) is 6.18 Å². The Kier molecular flexibility index (Phi) is 6.64. The third-order valence-corrected chi connectivity index (χ3v) is 5.33. The molecule has 196 valence electrons. The molecule has 2 N–H and O–H groups in total. The Bertz CT molecular complexity index is 1650. The maximum Gasteiger partial charge on any atom is 0.417 e. The van der Waals surface area contributed by atoms with Gasteiger partial charge in [0.15, 0.2) is 11.4 Å². The molecule has 0 aliphatic carbocycles. The lowest BCUT2D eigenvalue weighted by Gasteiger charge is -2.13. The van der Waals surface area contributed by atoms with Gasteiger partial charge < -0.3 is 24.1 Å². The number of anilines is 3. The molecule has 0 spiro atoms. The Hall–Kier alpha value is -5.13. The fourth-order valence-electron chi connectivity index (χ4n) is 3.42. The molecule has 0 radical (unpaired) electrons. The first-order valence-electron chi connectivity index (χ1n) is 10.8. The van der Waals surface area contributed by atoms with Crippen LogP contribution in [0.25, 0.3) is 11.2 Å². The molecule has 0 aliphatic rings. The van der Waals surface area contributed by atoms with Gasteiger partial charge in [-0.25, -0.2) is 14.8 Å². The zero-order chi connectivity index (χ0) is 27.8. The van der Waals surface area contributed by atoms with E-state index < -0.39 is 23.3 Å². The smallest absolute Gasteiger partial charge is 0.417 e. The summed E-state index contributed by atoms with van der Waals surface area (Å²) in [6.45, 7) is 0. The molecule has 4 rings (SSSR count). The lowest BCUT2D eigenvalue weighted by Crippen LogP contribution is -2.27. The average Bonchev–Trinajstić information content (AvgIpc) is 3.16. The number of aromatic nitrogens is 5. The normalized spacial score (nSPS) is 11.2. The van der Waals surface area contributed by atoms with Gasteiger partial charge in [-0.15, -0.1) is 0 Å². The van der Waals surface area contributed by atoms with Gasteiger partial charge in [-0.1, -0.05) is 0 Å². The summed E-state index contributed by atoms with van der Waals surface area (Å²) < 4.78 is 47.8. The number of imidazole rings is 1. The Morgan fingerprint density at radius 1 is 1.21 bits per heavy atom. The number of urea groups is 1. The molecule has 0 aliphatic heterocycles. The van der Waals surface area contributed by atoms with Gasteiger partial charge in [0.1, 0.15) is 34.4 Å². The summed E-state index contributed by atoms with van der Waals surface area (Å²) in [4.78, 5) is 38.2. The van der Waals surface area contributed by atoms with E-state index in [4.69, 9.17) is 4.74 Å². The number of nitrogens with zero attached hydrogens (tertiary/aromatic N) is 7. The van der Waals surface area contributed by atoms with Crippen molar-refractivity contribution < 1.29 is 22.7 Å². The first kappa shape index (κ1) is 25.9. The highest BCUT2D eigenvalue weighted by Gasteiger charge is 2.32. The van der Waals surface area contributed by atoms with E-state index in [0.29, 0.717) is 12.3 Å². The minimum Gasteiger partial charge on any atom is -0.454 e.